The molecule has 9 heteroatoms. The van der Waals surface area contributed by atoms with Crippen molar-refractivity contribution in [1.82, 2.24) is 10.6 Å². The van der Waals surface area contributed by atoms with E-state index in [0.29, 0.717) is 5.69 Å². The number of hydrogen-bond acceptors (Lipinski definition) is 4. The summed E-state index contributed by atoms with van der Waals surface area (Å²) in [5.74, 6) is 2.00. The quantitative estimate of drug-likeness (QED) is 0.248. The highest BCUT2D eigenvalue weighted by molar-refractivity contribution is 14.0. The zero-order valence-corrected chi connectivity index (χ0v) is 18.2. The van der Waals surface area contributed by atoms with Crippen molar-refractivity contribution in [2.24, 2.45) is 4.99 Å². The van der Waals surface area contributed by atoms with Crippen LogP contribution in [0, 0.1) is 0 Å². The van der Waals surface area contributed by atoms with Crippen LogP contribution in [0.4, 0.5) is 14.5 Å². The van der Waals surface area contributed by atoms with Crippen molar-refractivity contribution in [2.75, 3.05) is 43.1 Å². The number of hydrogen-bond donors (Lipinski definition) is 2. The number of ether oxygens (including phenoxy) is 1. The Balaban J connectivity index is 0.00000338. The molecule has 0 aliphatic carbocycles. The van der Waals surface area contributed by atoms with Crippen molar-refractivity contribution in [3.63, 3.8) is 0 Å². The zero-order valence-electron chi connectivity index (χ0n) is 15.1. The average Bonchev–Trinajstić information content (AvgIpc) is 3.03. The van der Waals surface area contributed by atoms with E-state index in [1.54, 1.807) is 23.9 Å². The Morgan fingerprint density at radius 3 is 2.88 bits per heavy atom. The van der Waals surface area contributed by atoms with E-state index in [-0.39, 0.29) is 35.8 Å². The fourth-order valence-corrected chi connectivity index (χ4v) is 3.05. The van der Waals surface area contributed by atoms with Gasteiger partial charge in [-0.25, -0.2) is 0 Å². The van der Waals surface area contributed by atoms with Gasteiger partial charge in [-0.1, -0.05) is 12.1 Å². The lowest BCUT2D eigenvalue weighted by atomic mass is 10.2. The summed E-state index contributed by atoms with van der Waals surface area (Å²) < 4.78 is 29.8. The van der Waals surface area contributed by atoms with Crippen molar-refractivity contribution in [3.8, 4) is 5.75 Å². The third-order valence-electron chi connectivity index (χ3n) is 3.86. The topological polar surface area (TPSA) is 48.9 Å². The molecule has 2 N–H and O–H groups in total. The van der Waals surface area contributed by atoms with Crippen molar-refractivity contribution < 1.29 is 13.5 Å². The third kappa shape index (κ3) is 7.34. The Morgan fingerprint density at radius 1 is 1.42 bits per heavy atom. The Bertz CT molecular complexity index is 565. The molecule has 1 aromatic carbocycles. The van der Waals surface area contributed by atoms with Crippen LogP contribution in [-0.2, 0) is 0 Å². The molecule has 1 unspecified atom stereocenters. The highest BCUT2D eigenvalue weighted by Gasteiger charge is 2.25. The predicted molar refractivity (Wildman–Crippen MR) is 117 cm³/mol. The van der Waals surface area contributed by atoms with Crippen LogP contribution in [-0.4, -0.2) is 56.8 Å². The summed E-state index contributed by atoms with van der Waals surface area (Å²) >= 11 is 1.76. The van der Waals surface area contributed by atoms with Crippen LogP contribution in [0.3, 0.4) is 0 Å². The van der Waals surface area contributed by atoms with Gasteiger partial charge in [-0.2, -0.15) is 20.5 Å². The number of rotatable bonds is 8. The number of alkyl halides is 2. The first kappa shape index (κ1) is 23.1. The van der Waals surface area contributed by atoms with Crippen LogP contribution in [0.25, 0.3) is 0 Å². The second-order valence-corrected chi connectivity index (χ2v) is 6.66. The minimum absolute atomic E-state index is 0. The summed E-state index contributed by atoms with van der Waals surface area (Å²) in [5.41, 5.74) is 0.705. The van der Waals surface area contributed by atoms with Crippen molar-refractivity contribution in [1.29, 1.82) is 0 Å². The minimum Gasteiger partial charge on any atom is -0.433 e. The normalized spacial score (nSPS) is 17.2. The fourth-order valence-electron chi connectivity index (χ4n) is 2.77. The molecule has 0 radical (unpaired) electrons. The maximum Gasteiger partial charge on any atom is 0.387 e. The molecule has 0 bridgehead atoms. The van der Waals surface area contributed by atoms with Gasteiger partial charge in [0.05, 0.1) is 12.2 Å². The number of anilines is 1. The fraction of sp³-hybridized carbons (Fsp3) is 0.588. The first-order chi connectivity index (χ1) is 12.1. The molecule has 1 atom stereocenters. The molecular formula is C17H27F2IN4OS. The molecule has 0 spiro atoms. The van der Waals surface area contributed by atoms with Crippen LogP contribution in [0.2, 0.25) is 0 Å². The molecule has 5 nitrogen and oxygen atoms in total. The summed E-state index contributed by atoms with van der Waals surface area (Å²) in [5, 5.41) is 6.68. The molecule has 26 heavy (non-hydrogen) atoms. The summed E-state index contributed by atoms with van der Waals surface area (Å²) in [4.78, 5) is 6.62. The van der Waals surface area contributed by atoms with E-state index in [4.69, 9.17) is 0 Å². The van der Waals surface area contributed by atoms with Crippen LogP contribution in [0.1, 0.15) is 13.3 Å². The lowest BCUT2D eigenvalue weighted by Crippen LogP contribution is -2.44. The molecule has 2 rings (SSSR count). The second-order valence-electron chi connectivity index (χ2n) is 5.68. The van der Waals surface area contributed by atoms with E-state index in [0.717, 1.165) is 44.3 Å². The van der Waals surface area contributed by atoms with Gasteiger partial charge >= 0.3 is 6.61 Å². The Hall–Kier alpha value is -0.970. The minimum atomic E-state index is -2.82. The number of nitrogens with zero attached hydrogens (tertiary/aromatic N) is 2. The predicted octanol–water partition coefficient (Wildman–Crippen LogP) is 3.40. The van der Waals surface area contributed by atoms with E-state index in [2.05, 4.69) is 31.5 Å². The van der Waals surface area contributed by atoms with E-state index < -0.39 is 6.61 Å². The first-order valence-electron chi connectivity index (χ1n) is 8.46. The maximum atomic E-state index is 12.6. The van der Waals surface area contributed by atoms with Gasteiger partial charge in [-0.3, -0.25) is 4.99 Å². The van der Waals surface area contributed by atoms with Crippen LogP contribution in [0.15, 0.2) is 29.3 Å². The molecule has 0 saturated carbocycles. The molecular weight excluding hydrogens is 473 g/mol. The van der Waals surface area contributed by atoms with Gasteiger partial charge in [0.2, 0.25) is 0 Å². The molecule has 1 heterocycles. The molecule has 1 aliphatic heterocycles. The Morgan fingerprint density at radius 2 is 2.19 bits per heavy atom. The lowest BCUT2D eigenvalue weighted by molar-refractivity contribution is -0.0495. The van der Waals surface area contributed by atoms with E-state index >= 15 is 0 Å². The number of thioether (sulfide) groups is 1. The Kier molecular flexibility index (Phi) is 11.0. The standard InChI is InChI=1S/C17H26F2N4OS.HI/c1-3-20-17(21-9-11-25-2)22-13-8-10-23(12-13)14-6-4-5-7-15(14)24-16(18)19;/h4-7,13,16H,3,8-12H2,1-2H3,(H2,20,21,22);1H. The molecule has 1 aromatic rings. The van der Waals surface area contributed by atoms with Gasteiger partial charge in [-0.15, -0.1) is 24.0 Å². The molecule has 1 aliphatic rings. The number of aliphatic imine (C=N–C) groups is 1. The van der Waals surface area contributed by atoms with Gasteiger partial charge in [0.1, 0.15) is 5.75 Å². The van der Waals surface area contributed by atoms with Crippen LogP contribution < -0.4 is 20.3 Å². The smallest absolute Gasteiger partial charge is 0.387 e. The number of guanidine groups is 1. The number of para-hydroxylation sites is 2. The van der Waals surface area contributed by atoms with E-state index in [1.165, 1.54) is 0 Å². The van der Waals surface area contributed by atoms with E-state index in [9.17, 15) is 8.78 Å². The molecule has 0 amide bonds. The summed E-state index contributed by atoms with van der Waals surface area (Å²) in [6, 6.07) is 7.15. The van der Waals surface area contributed by atoms with Crippen molar-refractivity contribution in [2.45, 2.75) is 26.0 Å². The largest absolute Gasteiger partial charge is 0.433 e. The molecule has 1 saturated heterocycles. The summed E-state index contributed by atoms with van der Waals surface area (Å²) in [7, 11) is 0. The van der Waals surface area contributed by atoms with E-state index in [1.807, 2.05) is 19.1 Å². The number of benzene rings is 1. The monoisotopic (exact) mass is 500 g/mol. The van der Waals surface area contributed by atoms with Crippen molar-refractivity contribution in [3.05, 3.63) is 24.3 Å². The van der Waals surface area contributed by atoms with Gasteiger partial charge < -0.3 is 20.3 Å². The number of nitrogens with one attached hydrogen (secondary N) is 2. The Labute approximate surface area is 175 Å². The lowest BCUT2D eigenvalue weighted by Gasteiger charge is -2.22. The highest BCUT2D eigenvalue weighted by atomic mass is 127. The van der Waals surface area contributed by atoms with Gasteiger partial charge in [0.15, 0.2) is 5.96 Å². The molecule has 0 aromatic heterocycles. The molecule has 148 valence electrons. The average molecular weight is 500 g/mol. The summed E-state index contributed by atoms with van der Waals surface area (Å²) in [6.07, 6.45) is 2.97. The molecule has 1 fully saturated rings. The maximum absolute atomic E-state index is 12.6. The summed E-state index contributed by atoms with van der Waals surface area (Å²) in [6.45, 7) is 2.28. The third-order valence-corrected chi connectivity index (χ3v) is 4.45. The van der Waals surface area contributed by atoms with Crippen molar-refractivity contribution >= 4 is 47.4 Å². The zero-order chi connectivity index (χ0) is 18.1. The second kappa shape index (κ2) is 12.4. The van der Waals surface area contributed by atoms with Crippen LogP contribution in [0.5, 0.6) is 5.75 Å². The highest BCUT2D eigenvalue weighted by Crippen LogP contribution is 2.31. The van der Waals surface area contributed by atoms with Gasteiger partial charge in [0, 0.05) is 31.4 Å². The van der Waals surface area contributed by atoms with Crippen LogP contribution >= 0.6 is 35.7 Å². The van der Waals surface area contributed by atoms with Gasteiger partial charge in [0.25, 0.3) is 0 Å². The first-order valence-corrected chi connectivity index (χ1v) is 9.86. The SMILES string of the molecule is CCNC(=NCCSC)NC1CCN(c2ccccc2OC(F)F)C1.I. The van der Waals surface area contributed by atoms with Gasteiger partial charge in [-0.05, 0) is 31.7 Å². The number of halogens is 3.